The number of nitrogens with zero attached hydrogens (tertiary/aromatic N) is 3. The van der Waals surface area contributed by atoms with E-state index >= 15 is 0 Å². The van der Waals surface area contributed by atoms with Gasteiger partial charge in [0.25, 0.3) is 0 Å². The number of imidazole rings is 1. The first-order valence-corrected chi connectivity index (χ1v) is 11.1. The molecule has 0 aliphatic rings. The summed E-state index contributed by atoms with van der Waals surface area (Å²) >= 11 is 6.06. The summed E-state index contributed by atoms with van der Waals surface area (Å²) in [7, 11) is 0. The second kappa shape index (κ2) is 9.58. The summed E-state index contributed by atoms with van der Waals surface area (Å²) in [6.07, 6.45) is -3.42. The van der Waals surface area contributed by atoms with E-state index in [-0.39, 0.29) is 17.2 Å². The maximum atomic E-state index is 12.9. The van der Waals surface area contributed by atoms with Crippen molar-refractivity contribution in [3.8, 4) is 5.75 Å². The number of halogens is 4. The van der Waals surface area contributed by atoms with Crippen molar-refractivity contribution in [2.45, 2.75) is 39.6 Å². The highest BCUT2D eigenvalue weighted by Crippen LogP contribution is 2.31. The van der Waals surface area contributed by atoms with E-state index in [1.165, 1.54) is 6.07 Å². The van der Waals surface area contributed by atoms with Crippen LogP contribution < -0.4 is 4.74 Å². The van der Waals surface area contributed by atoms with Crippen molar-refractivity contribution in [2.75, 3.05) is 0 Å². The molecule has 2 aromatic heterocycles. The molecule has 0 fully saturated rings. The highest BCUT2D eigenvalue weighted by molar-refractivity contribution is 6.31. The minimum absolute atomic E-state index is 0.0432. The lowest BCUT2D eigenvalue weighted by molar-refractivity contribution is -0.137. The first-order valence-electron chi connectivity index (χ1n) is 10.7. The Morgan fingerprint density at radius 1 is 1.17 bits per heavy atom. The number of aryl methyl sites for hydroxylation is 4. The van der Waals surface area contributed by atoms with Crippen molar-refractivity contribution < 1.29 is 27.8 Å². The van der Waals surface area contributed by atoms with E-state index < -0.39 is 17.7 Å². The number of carboxylic acid groups (broad SMARTS) is 1. The maximum Gasteiger partial charge on any atom is 0.417 e. The number of rotatable bonds is 7. The quantitative estimate of drug-likeness (QED) is 0.323. The molecule has 2 aromatic carbocycles. The number of hydrogen-bond donors (Lipinski definition) is 1. The number of pyridine rings is 1. The van der Waals surface area contributed by atoms with Gasteiger partial charge in [-0.2, -0.15) is 13.2 Å². The lowest BCUT2D eigenvalue weighted by Crippen LogP contribution is -2.09. The second-order valence-electron chi connectivity index (χ2n) is 8.06. The molecule has 0 saturated carbocycles. The molecule has 0 saturated heterocycles. The maximum absolute atomic E-state index is 12.9. The largest absolute Gasteiger partial charge is 0.489 e. The van der Waals surface area contributed by atoms with Crippen LogP contribution >= 0.6 is 11.6 Å². The molecule has 6 nitrogen and oxygen atoms in total. The van der Waals surface area contributed by atoms with Crippen LogP contribution in [0.25, 0.3) is 11.0 Å². The smallest absolute Gasteiger partial charge is 0.417 e. The lowest BCUT2D eigenvalue weighted by Gasteiger charge is -2.13. The van der Waals surface area contributed by atoms with E-state index in [1.54, 1.807) is 24.3 Å². The molecule has 4 aromatic rings. The number of aromatic nitrogens is 3. The van der Waals surface area contributed by atoms with Crippen LogP contribution in [0.3, 0.4) is 0 Å². The van der Waals surface area contributed by atoms with Gasteiger partial charge in [0.15, 0.2) is 0 Å². The van der Waals surface area contributed by atoms with Crippen LogP contribution in [0.5, 0.6) is 5.75 Å². The van der Waals surface area contributed by atoms with E-state index in [9.17, 15) is 23.1 Å². The highest BCUT2D eigenvalue weighted by atomic mass is 35.5. The Morgan fingerprint density at radius 2 is 1.94 bits per heavy atom. The topological polar surface area (TPSA) is 77.2 Å². The minimum atomic E-state index is -4.51. The fraction of sp³-hybridized carbons (Fsp3) is 0.240. The van der Waals surface area contributed by atoms with Gasteiger partial charge in [-0.05, 0) is 43.7 Å². The zero-order valence-corrected chi connectivity index (χ0v) is 19.6. The van der Waals surface area contributed by atoms with Crippen LogP contribution in [0.2, 0.25) is 5.02 Å². The van der Waals surface area contributed by atoms with E-state index in [0.29, 0.717) is 35.8 Å². The van der Waals surface area contributed by atoms with Gasteiger partial charge < -0.3 is 14.4 Å². The molecule has 35 heavy (non-hydrogen) atoms. The highest BCUT2D eigenvalue weighted by Gasteiger charge is 2.31. The van der Waals surface area contributed by atoms with Gasteiger partial charge in [-0.3, -0.25) is 4.98 Å². The number of fused-ring (bicyclic) bond motifs is 1. The van der Waals surface area contributed by atoms with Gasteiger partial charge in [-0.15, -0.1) is 0 Å². The molecule has 0 aliphatic heterocycles. The SMILES string of the molecule is Cc1cccc(C(=O)O)c1COc1ccc2nc(C)n(CCc3ncc(C(F)(F)F)cc3Cl)c2c1. The molecule has 0 spiro atoms. The zero-order chi connectivity index (χ0) is 25.3. The minimum Gasteiger partial charge on any atom is -0.489 e. The zero-order valence-electron chi connectivity index (χ0n) is 18.9. The molecule has 2 heterocycles. The first-order chi connectivity index (χ1) is 16.5. The molecular weight excluding hydrogens is 483 g/mol. The molecule has 182 valence electrons. The van der Waals surface area contributed by atoms with Gasteiger partial charge >= 0.3 is 12.1 Å². The monoisotopic (exact) mass is 503 g/mol. The van der Waals surface area contributed by atoms with Crippen LogP contribution in [0.1, 0.15) is 38.6 Å². The predicted molar refractivity (Wildman–Crippen MR) is 125 cm³/mol. The molecule has 4 rings (SSSR count). The summed E-state index contributed by atoms with van der Waals surface area (Å²) in [4.78, 5) is 20.0. The van der Waals surface area contributed by atoms with Crippen molar-refractivity contribution in [2.24, 2.45) is 0 Å². The fourth-order valence-electron chi connectivity index (χ4n) is 3.87. The molecular formula is C25H21ClF3N3O3. The van der Waals surface area contributed by atoms with Gasteiger partial charge in [0.2, 0.25) is 0 Å². The van der Waals surface area contributed by atoms with E-state index in [0.717, 1.165) is 28.9 Å². The van der Waals surface area contributed by atoms with Crippen LogP contribution in [-0.2, 0) is 25.7 Å². The molecule has 0 unspecified atom stereocenters. The number of carbonyl (C=O) groups is 1. The third-order valence-corrected chi connectivity index (χ3v) is 6.08. The Morgan fingerprint density at radius 3 is 2.63 bits per heavy atom. The van der Waals surface area contributed by atoms with Crippen molar-refractivity contribution in [3.05, 3.63) is 87.5 Å². The molecule has 0 atom stereocenters. The average Bonchev–Trinajstić information content (AvgIpc) is 3.10. The molecule has 0 bridgehead atoms. The van der Waals surface area contributed by atoms with Gasteiger partial charge in [0.05, 0.1) is 32.9 Å². The standard InChI is InChI=1S/C25H21ClF3N3O3/c1-14-4-3-5-18(24(33)34)19(14)13-35-17-6-7-22-23(11-17)32(15(2)31-22)9-8-21-20(26)10-16(12-30-21)25(27,28)29/h3-7,10-12H,8-9,13H2,1-2H3,(H,33,34). The van der Waals surface area contributed by atoms with Gasteiger partial charge in [0.1, 0.15) is 18.2 Å². The Bertz CT molecular complexity index is 1420. The van der Waals surface area contributed by atoms with Gasteiger partial charge in [-0.25, -0.2) is 9.78 Å². The van der Waals surface area contributed by atoms with Crippen LogP contribution in [0, 0.1) is 13.8 Å². The summed E-state index contributed by atoms with van der Waals surface area (Å²) in [6.45, 7) is 4.13. The lowest BCUT2D eigenvalue weighted by atomic mass is 10.0. The molecule has 1 N–H and O–H groups in total. The Hall–Kier alpha value is -3.59. The third-order valence-electron chi connectivity index (χ3n) is 5.75. The van der Waals surface area contributed by atoms with Gasteiger partial charge in [-0.1, -0.05) is 23.7 Å². The van der Waals surface area contributed by atoms with E-state index in [4.69, 9.17) is 16.3 Å². The number of hydrogen-bond acceptors (Lipinski definition) is 4. The van der Waals surface area contributed by atoms with Crippen LogP contribution in [0.4, 0.5) is 13.2 Å². The number of alkyl halides is 3. The van der Waals surface area contributed by atoms with Crippen molar-refractivity contribution in [1.29, 1.82) is 0 Å². The number of aromatic carboxylic acids is 1. The van der Waals surface area contributed by atoms with E-state index in [2.05, 4.69) is 9.97 Å². The Kier molecular flexibility index (Phi) is 6.71. The predicted octanol–water partition coefficient (Wildman–Crippen LogP) is 6.24. The molecule has 0 radical (unpaired) electrons. The summed E-state index contributed by atoms with van der Waals surface area (Å²) in [6, 6.07) is 11.3. The summed E-state index contributed by atoms with van der Waals surface area (Å²) in [5, 5.41) is 9.41. The summed E-state index contributed by atoms with van der Waals surface area (Å²) in [5.74, 6) is 0.225. The summed E-state index contributed by atoms with van der Waals surface area (Å²) < 4.78 is 46.5. The van der Waals surface area contributed by atoms with Crippen molar-refractivity contribution in [1.82, 2.24) is 14.5 Å². The molecule has 0 aliphatic carbocycles. The van der Waals surface area contributed by atoms with E-state index in [1.807, 2.05) is 24.5 Å². The van der Waals surface area contributed by atoms with Gasteiger partial charge in [0, 0.05) is 30.8 Å². The number of ether oxygens (including phenoxy) is 1. The average molecular weight is 504 g/mol. The molecule has 0 amide bonds. The Balaban J connectivity index is 1.55. The fourth-order valence-corrected chi connectivity index (χ4v) is 4.13. The van der Waals surface area contributed by atoms with Crippen LogP contribution in [-0.4, -0.2) is 25.6 Å². The summed E-state index contributed by atoms with van der Waals surface area (Å²) in [5.41, 5.74) is 2.55. The third kappa shape index (κ3) is 5.24. The Labute approximate surface area is 204 Å². The van der Waals surface area contributed by atoms with Crippen molar-refractivity contribution in [3.63, 3.8) is 0 Å². The first kappa shape index (κ1) is 24.5. The molecule has 10 heteroatoms. The van der Waals surface area contributed by atoms with Crippen molar-refractivity contribution >= 4 is 28.6 Å². The second-order valence-corrected chi connectivity index (χ2v) is 8.46. The number of benzene rings is 2. The normalized spacial score (nSPS) is 11.7. The number of carboxylic acids is 1. The van der Waals surface area contributed by atoms with Crippen LogP contribution in [0.15, 0.2) is 48.7 Å².